The monoisotopic (exact) mass is 392 g/mol. The lowest BCUT2D eigenvalue weighted by atomic mass is 10.2. The number of hydrogen-bond donors (Lipinski definition) is 2. The molecule has 2 aromatic carbocycles. The number of rotatable bonds is 7. The highest BCUT2D eigenvalue weighted by Gasteiger charge is 2.17. The number of carbonyl (C=O) groups excluding carboxylic acids is 2. The second-order valence-corrected chi connectivity index (χ2v) is 6.06. The number of methoxy groups -OCH3 is 1. The van der Waals surface area contributed by atoms with Gasteiger partial charge in [-0.1, -0.05) is 23.7 Å². The predicted octanol–water partition coefficient (Wildman–Crippen LogP) is 2.65. The Morgan fingerprint density at radius 2 is 1.81 bits per heavy atom. The number of ether oxygens (including phenoxy) is 3. The average molecular weight is 393 g/mol. The second-order valence-electron chi connectivity index (χ2n) is 5.65. The minimum absolute atomic E-state index is 0.261. The third-order valence-electron chi connectivity index (χ3n) is 3.57. The van der Waals surface area contributed by atoms with E-state index >= 15 is 0 Å². The van der Waals surface area contributed by atoms with Crippen LogP contribution in [0.1, 0.15) is 12.5 Å². The number of hydrazine groups is 1. The quantitative estimate of drug-likeness (QED) is 0.707. The van der Waals surface area contributed by atoms with Gasteiger partial charge < -0.3 is 14.2 Å². The SMILES string of the molecule is COc1ccccc1OC(C)C(=O)NNC(=O)COc1ccc(Cl)c(C)c1. The first kappa shape index (κ1) is 20.4. The van der Waals surface area contributed by atoms with Gasteiger partial charge >= 0.3 is 0 Å². The van der Waals surface area contributed by atoms with Gasteiger partial charge in [-0.15, -0.1) is 0 Å². The van der Waals surface area contributed by atoms with Crippen molar-refractivity contribution in [2.45, 2.75) is 20.0 Å². The lowest BCUT2D eigenvalue weighted by Crippen LogP contribution is -2.48. The molecule has 0 heterocycles. The van der Waals surface area contributed by atoms with Crippen molar-refractivity contribution in [2.75, 3.05) is 13.7 Å². The van der Waals surface area contributed by atoms with Crippen molar-refractivity contribution in [2.24, 2.45) is 0 Å². The largest absolute Gasteiger partial charge is 0.493 e. The maximum Gasteiger partial charge on any atom is 0.279 e. The summed E-state index contributed by atoms with van der Waals surface area (Å²) >= 11 is 5.93. The van der Waals surface area contributed by atoms with Crippen LogP contribution in [0.25, 0.3) is 0 Å². The molecule has 2 aromatic rings. The lowest BCUT2D eigenvalue weighted by Gasteiger charge is -2.17. The third-order valence-corrected chi connectivity index (χ3v) is 3.99. The maximum atomic E-state index is 12.1. The van der Waals surface area contributed by atoms with Gasteiger partial charge in [0.05, 0.1) is 7.11 Å². The van der Waals surface area contributed by atoms with Gasteiger partial charge in [0, 0.05) is 5.02 Å². The van der Waals surface area contributed by atoms with Gasteiger partial charge in [-0.2, -0.15) is 0 Å². The summed E-state index contributed by atoms with van der Waals surface area (Å²) in [5.74, 6) is 0.409. The smallest absolute Gasteiger partial charge is 0.279 e. The van der Waals surface area contributed by atoms with Crippen LogP contribution < -0.4 is 25.1 Å². The molecule has 1 atom stereocenters. The van der Waals surface area contributed by atoms with Crippen molar-refractivity contribution in [3.05, 3.63) is 53.1 Å². The van der Waals surface area contributed by atoms with E-state index in [-0.39, 0.29) is 6.61 Å². The standard InChI is InChI=1S/C19H21ClN2O5/c1-12-10-14(8-9-15(12)20)26-11-18(23)21-22-19(24)13(2)27-17-7-5-4-6-16(17)25-3/h4-10,13H,11H2,1-3H3,(H,21,23)(H,22,24). The molecule has 7 nitrogen and oxygen atoms in total. The summed E-state index contributed by atoms with van der Waals surface area (Å²) in [6.45, 7) is 3.13. The van der Waals surface area contributed by atoms with Crippen molar-refractivity contribution >= 4 is 23.4 Å². The summed E-state index contributed by atoms with van der Waals surface area (Å²) in [5, 5.41) is 0.614. The fourth-order valence-electron chi connectivity index (χ4n) is 2.09. The molecule has 0 bridgehead atoms. The Labute approximate surface area is 162 Å². The molecule has 0 radical (unpaired) electrons. The van der Waals surface area contributed by atoms with Crippen molar-refractivity contribution in [3.8, 4) is 17.2 Å². The Kier molecular flexibility index (Phi) is 7.31. The maximum absolute atomic E-state index is 12.1. The Morgan fingerprint density at radius 1 is 1.11 bits per heavy atom. The summed E-state index contributed by atoms with van der Waals surface area (Å²) in [6.07, 6.45) is -0.846. The minimum Gasteiger partial charge on any atom is -0.493 e. The molecule has 0 fully saturated rings. The van der Waals surface area contributed by atoms with Crippen LogP contribution in [-0.2, 0) is 9.59 Å². The van der Waals surface area contributed by atoms with Gasteiger partial charge in [-0.25, -0.2) is 0 Å². The second kappa shape index (κ2) is 9.68. The molecule has 144 valence electrons. The average Bonchev–Trinajstić information content (AvgIpc) is 2.67. The van der Waals surface area contributed by atoms with E-state index in [9.17, 15) is 9.59 Å². The van der Waals surface area contributed by atoms with Crippen molar-refractivity contribution < 1.29 is 23.8 Å². The number of hydrogen-bond acceptors (Lipinski definition) is 5. The summed E-state index contributed by atoms with van der Waals surface area (Å²) in [5.41, 5.74) is 5.40. The van der Waals surface area contributed by atoms with Crippen LogP contribution in [0.5, 0.6) is 17.2 Å². The summed E-state index contributed by atoms with van der Waals surface area (Å²) in [6, 6.07) is 12.0. The Hall–Kier alpha value is -2.93. The van der Waals surface area contributed by atoms with Crippen molar-refractivity contribution in [1.29, 1.82) is 0 Å². The zero-order valence-corrected chi connectivity index (χ0v) is 16.0. The molecule has 2 rings (SSSR count). The molecule has 0 saturated heterocycles. The lowest BCUT2D eigenvalue weighted by molar-refractivity contribution is -0.133. The van der Waals surface area contributed by atoms with Crippen molar-refractivity contribution in [3.63, 3.8) is 0 Å². The first-order valence-corrected chi connectivity index (χ1v) is 8.56. The Balaban J connectivity index is 1.78. The summed E-state index contributed by atoms with van der Waals surface area (Å²) in [4.78, 5) is 23.9. The highest BCUT2D eigenvalue weighted by Crippen LogP contribution is 2.26. The number of halogens is 1. The van der Waals surface area contributed by atoms with Crippen LogP contribution in [-0.4, -0.2) is 31.6 Å². The first-order valence-electron chi connectivity index (χ1n) is 8.18. The fourth-order valence-corrected chi connectivity index (χ4v) is 2.20. The minimum atomic E-state index is -0.846. The van der Waals surface area contributed by atoms with E-state index in [2.05, 4.69) is 10.9 Å². The van der Waals surface area contributed by atoms with Gasteiger partial charge in [0.1, 0.15) is 5.75 Å². The first-order chi connectivity index (χ1) is 12.9. The molecule has 2 N–H and O–H groups in total. The number of nitrogens with one attached hydrogen (secondary N) is 2. The highest BCUT2D eigenvalue weighted by molar-refractivity contribution is 6.31. The van der Waals surface area contributed by atoms with Gasteiger partial charge in [0.15, 0.2) is 24.2 Å². The molecule has 0 saturated carbocycles. The molecule has 0 aliphatic carbocycles. The molecular weight excluding hydrogens is 372 g/mol. The zero-order valence-electron chi connectivity index (χ0n) is 15.2. The van der Waals surface area contributed by atoms with Crippen LogP contribution >= 0.6 is 11.6 Å². The number of benzene rings is 2. The van der Waals surface area contributed by atoms with Crippen LogP contribution in [0.15, 0.2) is 42.5 Å². The Bertz CT molecular complexity index is 812. The summed E-state index contributed by atoms with van der Waals surface area (Å²) < 4.78 is 16.1. The molecule has 0 aliphatic rings. The molecule has 1 unspecified atom stereocenters. The molecule has 0 aliphatic heterocycles. The van der Waals surface area contributed by atoms with Crippen LogP contribution in [0.3, 0.4) is 0 Å². The molecule has 8 heteroatoms. The van der Waals surface area contributed by atoms with E-state index in [1.165, 1.54) is 7.11 Å². The summed E-state index contributed by atoms with van der Waals surface area (Å²) in [7, 11) is 1.51. The molecule has 0 spiro atoms. The normalized spacial score (nSPS) is 11.3. The van der Waals surface area contributed by atoms with Crippen LogP contribution in [0.4, 0.5) is 0 Å². The highest BCUT2D eigenvalue weighted by atomic mass is 35.5. The Morgan fingerprint density at radius 3 is 2.48 bits per heavy atom. The van der Waals surface area contributed by atoms with Gasteiger partial charge in [0.2, 0.25) is 0 Å². The molecule has 2 amide bonds. The van der Waals surface area contributed by atoms with E-state index in [4.69, 9.17) is 25.8 Å². The van der Waals surface area contributed by atoms with E-state index in [1.807, 2.05) is 6.92 Å². The van der Waals surface area contributed by atoms with Gasteiger partial charge in [-0.05, 0) is 49.7 Å². The van der Waals surface area contributed by atoms with Gasteiger partial charge in [-0.3, -0.25) is 20.4 Å². The van der Waals surface area contributed by atoms with Crippen LogP contribution in [0.2, 0.25) is 5.02 Å². The van der Waals surface area contributed by atoms with E-state index in [1.54, 1.807) is 49.4 Å². The molecule has 0 aromatic heterocycles. The van der Waals surface area contributed by atoms with E-state index in [0.29, 0.717) is 22.3 Å². The molecule has 27 heavy (non-hydrogen) atoms. The van der Waals surface area contributed by atoms with Crippen molar-refractivity contribution in [1.82, 2.24) is 10.9 Å². The fraction of sp³-hybridized carbons (Fsp3) is 0.263. The number of amides is 2. The topological polar surface area (TPSA) is 85.9 Å². The van der Waals surface area contributed by atoms with Crippen LogP contribution in [0, 0.1) is 6.92 Å². The number of para-hydroxylation sites is 2. The molecular formula is C19H21ClN2O5. The third kappa shape index (κ3) is 6.07. The zero-order chi connectivity index (χ0) is 19.8. The van der Waals surface area contributed by atoms with Gasteiger partial charge in [0.25, 0.3) is 11.8 Å². The van der Waals surface area contributed by atoms with E-state index < -0.39 is 17.9 Å². The number of aryl methyl sites for hydroxylation is 1. The van der Waals surface area contributed by atoms with E-state index in [0.717, 1.165) is 5.56 Å². The predicted molar refractivity (Wildman–Crippen MR) is 101 cm³/mol. The number of carbonyl (C=O) groups is 2.